The maximum Gasteiger partial charge on any atom is 0.213 e. The average Bonchev–Trinajstić information content (AvgIpc) is 2.41. The Morgan fingerprint density at radius 2 is 2.15 bits per heavy atom. The van der Waals surface area contributed by atoms with E-state index in [9.17, 15) is 9.50 Å². The lowest BCUT2D eigenvalue weighted by atomic mass is 10.1. The van der Waals surface area contributed by atoms with Gasteiger partial charge in [0, 0.05) is 17.7 Å². The molecule has 0 aliphatic carbocycles. The van der Waals surface area contributed by atoms with Crippen molar-refractivity contribution in [2.75, 3.05) is 11.9 Å². The summed E-state index contributed by atoms with van der Waals surface area (Å²) in [5.74, 6) is 0.0339. The van der Waals surface area contributed by atoms with Crippen LogP contribution in [0.25, 0.3) is 0 Å². The highest BCUT2D eigenvalue weighted by Crippen LogP contribution is 2.24. The molecular weight excluding hydrogens is 259 g/mol. The Hall–Kier alpha value is -2.30. The zero-order chi connectivity index (χ0) is 14.5. The largest absolute Gasteiger partial charge is 0.508 e. The van der Waals surface area contributed by atoms with Gasteiger partial charge >= 0.3 is 0 Å². The number of aromatic nitrogens is 1. The van der Waals surface area contributed by atoms with Crippen molar-refractivity contribution in [3.63, 3.8) is 0 Å². The van der Waals surface area contributed by atoms with Gasteiger partial charge in [0.15, 0.2) is 0 Å². The van der Waals surface area contributed by atoms with Gasteiger partial charge in [-0.1, -0.05) is 6.07 Å². The number of phenolic OH excluding ortho intramolecular Hbond substituents is 1. The number of hydrogen-bond donors (Lipinski definition) is 2. The van der Waals surface area contributed by atoms with Crippen molar-refractivity contribution >= 4 is 5.69 Å². The van der Waals surface area contributed by atoms with E-state index in [0.717, 1.165) is 11.8 Å². The molecule has 0 saturated heterocycles. The van der Waals surface area contributed by atoms with Crippen LogP contribution in [0.4, 0.5) is 10.1 Å². The summed E-state index contributed by atoms with van der Waals surface area (Å²) in [5, 5.41) is 12.4. The van der Waals surface area contributed by atoms with Crippen LogP contribution in [-0.4, -0.2) is 16.7 Å². The Labute approximate surface area is 117 Å². The van der Waals surface area contributed by atoms with Crippen LogP contribution in [0.2, 0.25) is 0 Å². The maximum absolute atomic E-state index is 13.7. The average molecular weight is 276 g/mol. The highest BCUT2D eigenvalue weighted by molar-refractivity contribution is 5.45. The third-order valence-electron chi connectivity index (χ3n) is 2.86. The van der Waals surface area contributed by atoms with E-state index < -0.39 is 5.82 Å². The molecule has 5 heteroatoms. The molecule has 4 nitrogen and oxygen atoms in total. The number of phenols is 1. The molecule has 0 aliphatic heterocycles. The normalized spacial score (nSPS) is 11.9. The molecule has 0 amide bonds. The molecule has 2 N–H and O–H groups in total. The SMILES string of the molecule is CCOc1ccc(NC(C)c2ccc(O)cc2F)cn1. The van der Waals surface area contributed by atoms with E-state index in [0.29, 0.717) is 18.1 Å². The van der Waals surface area contributed by atoms with Crippen LogP contribution >= 0.6 is 0 Å². The van der Waals surface area contributed by atoms with E-state index >= 15 is 0 Å². The first-order valence-electron chi connectivity index (χ1n) is 6.44. The van der Waals surface area contributed by atoms with Crippen LogP contribution < -0.4 is 10.1 Å². The van der Waals surface area contributed by atoms with Gasteiger partial charge in [0.1, 0.15) is 11.6 Å². The first-order chi connectivity index (χ1) is 9.60. The second-order valence-corrected chi connectivity index (χ2v) is 4.39. The number of nitrogens with one attached hydrogen (secondary N) is 1. The molecule has 0 bridgehead atoms. The third-order valence-corrected chi connectivity index (χ3v) is 2.86. The topological polar surface area (TPSA) is 54.4 Å². The predicted octanol–water partition coefficient (Wildman–Crippen LogP) is 3.50. The fourth-order valence-corrected chi connectivity index (χ4v) is 1.89. The van der Waals surface area contributed by atoms with Crippen molar-refractivity contribution in [1.29, 1.82) is 0 Å². The smallest absolute Gasteiger partial charge is 0.213 e. The van der Waals surface area contributed by atoms with Crippen LogP contribution in [-0.2, 0) is 0 Å². The van der Waals surface area contributed by atoms with Gasteiger partial charge in [0.2, 0.25) is 5.88 Å². The Bertz CT molecular complexity index is 573. The lowest BCUT2D eigenvalue weighted by molar-refractivity contribution is 0.327. The standard InChI is InChI=1S/C15H17FN2O2/c1-3-20-15-7-4-11(9-17-15)18-10(2)13-6-5-12(19)8-14(13)16/h4-10,18-19H,3H2,1-2H3. The zero-order valence-electron chi connectivity index (χ0n) is 11.4. The Kier molecular flexibility index (Phi) is 4.40. The second-order valence-electron chi connectivity index (χ2n) is 4.39. The van der Waals surface area contributed by atoms with Gasteiger partial charge in [0.25, 0.3) is 0 Å². The Morgan fingerprint density at radius 1 is 1.35 bits per heavy atom. The van der Waals surface area contributed by atoms with Crippen molar-refractivity contribution in [3.05, 3.63) is 47.9 Å². The summed E-state index contributed by atoms with van der Waals surface area (Å²) >= 11 is 0. The first-order valence-corrected chi connectivity index (χ1v) is 6.44. The molecule has 0 saturated carbocycles. The molecule has 1 heterocycles. The first kappa shape index (κ1) is 14.1. The molecule has 0 radical (unpaired) electrons. The summed E-state index contributed by atoms with van der Waals surface area (Å²) in [4.78, 5) is 4.13. The van der Waals surface area contributed by atoms with E-state index in [1.54, 1.807) is 18.3 Å². The van der Waals surface area contributed by atoms with Crippen LogP contribution in [0.3, 0.4) is 0 Å². The molecule has 106 valence electrons. The highest BCUT2D eigenvalue weighted by atomic mass is 19.1. The number of benzene rings is 1. The van der Waals surface area contributed by atoms with Gasteiger partial charge < -0.3 is 15.2 Å². The quantitative estimate of drug-likeness (QED) is 0.877. The maximum atomic E-state index is 13.7. The lowest BCUT2D eigenvalue weighted by Crippen LogP contribution is -2.08. The Morgan fingerprint density at radius 3 is 2.75 bits per heavy atom. The number of hydrogen-bond acceptors (Lipinski definition) is 4. The molecule has 0 spiro atoms. The molecular formula is C15H17FN2O2. The molecule has 20 heavy (non-hydrogen) atoms. The van der Waals surface area contributed by atoms with Gasteiger partial charge in [-0.3, -0.25) is 0 Å². The van der Waals surface area contributed by atoms with Crippen molar-refractivity contribution in [2.24, 2.45) is 0 Å². The molecule has 1 aromatic heterocycles. The fourth-order valence-electron chi connectivity index (χ4n) is 1.89. The van der Waals surface area contributed by atoms with Crippen LogP contribution in [0.1, 0.15) is 25.5 Å². The van der Waals surface area contributed by atoms with E-state index in [1.807, 2.05) is 19.9 Å². The molecule has 0 aliphatic rings. The van der Waals surface area contributed by atoms with Crippen molar-refractivity contribution < 1.29 is 14.2 Å². The molecule has 1 aromatic carbocycles. The summed E-state index contributed by atoms with van der Waals surface area (Å²) in [6, 6.07) is 7.47. The number of aromatic hydroxyl groups is 1. The predicted molar refractivity (Wildman–Crippen MR) is 75.5 cm³/mol. The molecule has 2 rings (SSSR count). The minimum atomic E-state index is -0.441. The highest BCUT2D eigenvalue weighted by Gasteiger charge is 2.11. The van der Waals surface area contributed by atoms with Gasteiger partial charge in [0.05, 0.1) is 24.5 Å². The van der Waals surface area contributed by atoms with Crippen LogP contribution in [0.5, 0.6) is 11.6 Å². The molecule has 1 unspecified atom stereocenters. The van der Waals surface area contributed by atoms with E-state index in [4.69, 9.17) is 4.74 Å². The number of ether oxygens (including phenoxy) is 1. The van der Waals surface area contributed by atoms with Gasteiger partial charge in [-0.2, -0.15) is 0 Å². The van der Waals surface area contributed by atoms with E-state index in [1.165, 1.54) is 6.07 Å². The van der Waals surface area contributed by atoms with Gasteiger partial charge in [-0.15, -0.1) is 0 Å². The summed E-state index contributed by atoms with van der Waals surface area (Å²) in [6.45, 7) is 4.30. The van der Waals surface area contributed by atoms with Crippen LogP contribution in [0.15, 0.2) is 36.5 Å². The number of nitrogens with zero attached hydrogens (tertiary/aromatic N) is 1. The minimum absolute atomic E-state index is 0.0822. The van der Waals surface area contributed by atoms with E-state index in [2.05, 4.69) is 10.3 Å². The van der Waals surface area contributed by atoms with Crippen molar-refractivity contribution in [2.45, 2.75) is 19.9 Å². The van der Waals surface area contributed by atoms with Crippen LogP contribution in [0, 0.1) is 5.82 Å². The third kappa shape index (κ3) is 3.38. The zero-order valence-corrected chi connectivity index (χ0v) is 11.4. The molecule has 0 fully saturated rings. The summed E-state index contributed by atoms with van der Waals surface area (Å²) in [5.41, 5.74) is 1.25. The van der Waals surface area contributed by atoms with Gasteiger partial charge in [-0.05, 0) is 26.0 Å². The monoisotopic (exact) mass is 276 g/mol. The van der Waals surface area contributed by atoms with E-state index in [-0.39, 0.29) is 11.8 Å². The number of halogens is 1. The lowest BCUT2D eigenvalue weighted by Gasteiger charge is -2.16. The number of pyridine rings is 1. The number of rotatable bonds is 5. The molecule has 1 atom stereocenters. The Balaban J connectivity index is 2.08. The van der Waals surface area contributed by atoms with Gasteiger partial charge in [-0.25, -0.2) is 9.37 Å². The summed E-state index contributed by atoms with van der Waals surface area (Å²) in [7, 11) is 0. The number of anilines is 1. The second kappa shape index (κ2) is 6.23. The molecule has 2 aromatic rings. The fraction of sp³-hybridized carbons (Fsp3) is 0.267. The summed E-state index contributed by atoms with van der Waals surface area (Å²) in [6.07, 6.45) is 1.64. The van der Waals surface area contributed by atoms with Crippen molar-refractivity contribution in [3.8, 4) is 11.6 Å². The minimum Gasteiger partial charge on any atom is -0.508 e. The van der Waals surface area contributed by atoms with Crippen molar-refractivity contribution in [1.82, 2.24) is 4.98 Å². The summed E-state index contributed by atoms with van der Waals surface area (Å²) < 4.78 is 19.0.